The van der Waals surface area contributed by atoms with Crippen molar-refractivity contribution in [1.82, 2.24) is 20.4 Å². The average Bonchev–Trinajstić information content (AvgIpc) is 2.57. The van der Waals surface area contributed by atoms with Gasteiger partial charge in [-0.1, -0.05) is 19.8 Å². The summed E-state index contributed by atoms with van der Waals surface area (Å²) in [6.07, 6.45) is 8.07. The Morgan fingerprint density at radius 3 is 2.50 bits per heavy atom. The third-order valence-electron chi connectivity index (χ3n) is 5.67. The van der Waals surface area contributed by atoms with Crippen LogP contribution >= 0.6 is 0 Å². The number of guanidine groups is 1. The molecular formula is C19H39N5. The van der Waals surface area contributed by atoms with Crippen LogP contribution < -0.4 is 10.6 Å². The van der Waals surface area contributed by atoms with Crippen LogP contribution in [0.4, 0.5) is 0 Å². The van der Waals surface area contributed by atoms with Crippen molar-refractivity contribution in [2.75, 3.05) is 46.8 Å². The maximum absolute atomic E-state index is 4.90. The number of rotatable bonds is 6. The van der Waals surface area contributed by atoms with Crippen molar-refractivity contribution in [3.05, 3.63) is 0 Å². The van der Waals surface area contributed by atoms with E-state index >= 15 is 0 Å². The Kier molecular flexibility index (Phi) is 8.33. The Morgan fingerprint density at radius 2 is 1.83 bits per heavy atom. The molecule has 1 saturated heterocycles. The first-order valence-electron chi connectivity index (χ1n) is 10.1. The summed E-state index contributed by atoms with van der Waals surface area (Å²) < 4.78 is 0. The molecule has 140 valence electrons. The van der Waals surface area contributed by atoms with Crippen molar-refractivity contribution in [2.45, 2.75) is 64.5 Å². The van der Waals surface area contributed by atoms with Crippen LogP contribution in [0.3, 0.4) is 0 Å². The normalized spacial score (nSPS) is 30.3. The molecule has 1 unspecified atom stereocenters. The fraction of sp³-hybridized carbons (Fsp3) is 0.947. The van der Waals surface area contributed by atoms with Crippen LogP contribution in [0.25, 0.3) is 0 Å². The van der Waals surface area contributed by atoms with Gasteiger partial charge in [-0.2, -0.15) is 0 Å². The largest absolute Gasteiger partial charge is 0.357 e. The molecule has 0 bridgehead atoms. The second-order valence-electron chi connectivity index (χ2n) is 7.77. The van der Waals surface area contributed by atoms with E-state index in [0.29, 0.717) is 12.1 Å². The lowest BCUT2D eigenvalue weighted by molar-refractivity contribution is 0.119. The molecule has 0 aromatic heterocycles. The Bertz CT molecular complexity index is 376. The van der Waals surface area contributed by atoms with E-state index in [4.69, 9.17) is 4.99 Å². The molecule has 0 amide bonds. The van der Waals surface area contributed by atoms with Crippen LogP contribution in [-0.2, 0) is 0 Å². The van der Waals surface area contributed by atoms with Gasteiger partial charge in [0.2, 0.25) is 0 Å². The van der Waals surface area contributed by atoms with E-state index in [2.05, 4.69) is 48.4 Å². The van der Waals surface area contributed by atoms with Crippen molar-refractivity contribution in [3.8, 4) is 0 Å². The van der Waals surface area contributed by atoms with Gasteiger partial charge in [0.1, 0.15) is 0 Å². The SMILES string of the molecule is CCCC1CCC(NC(=NCC2CN(C)CCN2C)NCC)CC1. The van der Waals surface area contributed by atoms with Gasteiger partial charge in [-0.25, -0.2) is 0 Å². The molecule has 2 N–H and O–H groups in total. The van der Waals surface area contributed by atoms with E-state index in [-0.39, 0.29) is 0 Å². The first-order chi connectivity index (χ1) is 11.6. The van der Waals surface area contributed by atoms with Crippen molar-refractivity contribution in [1.29, 1.82) is 0 Å². The zero-order valence-corrected chi connectivity index (χ0v) is 16.4. The van der Waals surface area contributed by atoms with Crippen LogP contribution in [-0.4, -0.2) is 74.7 Å². The first kappa shape index (κ1) is 19.5. The van der Waals surface area contributed by atoms with E-state index in [1.54, 1.807) is 0 Å². The maximum atomic E-state index is 4.90. The molecule has 0 radical (unpaired) electrons. The van der Waals surface area contributed by atoms with Crippen molar-refractivity contribution in [2.24, 2.45) is 10.9 Å². The Morgan fingerprint density at radius 1 is 1.08 bits per heavy atom. The molecule has 24 heavy (non-hydrogen) atoms. The summed E-state index contributed by atoms with van der Waals surface area (Å²) in [4.78, 5) is 9.76. The first-order valence-corrected chi connectivity index (χ1v) is 10.1. The second-order valence-corrected chi connectivity index (χ2v) is 7.77. The monoisotopic (exact) mass is 337 g/mol. The van der Waals surface area contributed by atoms with E-state index in [0.717, 1.165) is 44.6 Å². The van der Waals surface area contributed by atoms with Crippen molar-refractivity contribution in [3.63, 3.8) is 0 Å². The van der Waals surface area contributed by atoms with Gasteiger partial charge in [-0.3, -0.25) is 9.89 Å². The van der Waals surface area contributed by atoms with Crippen molar-refractivity contribution >= 4 is 5.96 Å². The van der Waals surface area contributed by atoms with Crippen LogP contribution in [0.2, 0.25) is 0 Å². The Hall–Kier alpha value is -0.810. The van der Waals surface area contributed by atoms with Gasteiger partial charge in [-0.05, 0) is 52.6 Å². The second kappa shape index (κ2) is 10.2. The van der Waals surface area contributed by atoms with E-state index in [1.807, 2.05) is 0 Å². The highest BCUT2D eigenvalue weighted by atomic mass is 15.3. The molecular weight excluding hydrogens is 298 g/mol. The number of hydrogen-bond donors (Lipinski definition) is 2. The molecule has 1 aliphatic heterocycles. The van der Waals surface area contributed by atoms with Gasteiger partial charge in [-0.15, -0.1) is 0 Å². The summed E-state index contributed by atoms with van der Waals surface area (Å²) in [7, 11) is 4.43. The summed E-state index contributed by atoms with van der Waals surface area (Å²) in [6, 6.07) is 1.13. The molecule has 2 rings (SSSR count). The summed E-state index contributed by atoms with van der Waals surface area (Å²) in [5, 5.41) is 7.13. The molecule has 0 aromatic rings. The van der Waals surface area contributed by atoms with E-state index in [1.165, 1.54) is 38.5 Å². The standard InChI is InChI=1S/C19H39N5/c1-5-7-16-8-10-17(11-9-16)22-19(20-6-2)21-14-18-15-23(3)12-13-24(18)4/h16-18H,5-15H2,1-4H3,(H2,20,21,22). The molecule has 1 atom stereocenters. The van der Waals surface area contributed by atoms with Crippen molar-refractivity contribution < 1.29 is 0 Å². The van der Waals surface area contributed by atoms with E-state index in [9.17, 15) is 0 Å². The minimum atomic E-state index is 0.527. The lowest BCUT2D eigenvalue weighted by Gasteiger charge is -2.37. The summed E-state index contributed by atoms with van der Waals surface area (Å²) >= 11 is 0. The predicted molar refractivity (Wildman–Crippen MR) is 104 cm³/mol. The topological polar surface area (TPSA) is 42.9 Å². The van der Waals surface area contributed by atoms with Gasteiger partial charge >= 0.3 is 0 Å². The third-order valence-corrected chi connectivity index (χ3v) is 5.67. The average molecular weight is 338 g/mol. The number of nitrogens with zero attached hydrogens (tertiary/aromatic N) is 3. The summed E-state index contributed by atoms with van der Waals surface area (Å²) in [5.74, 6) is 1.97. The Balaban J connectivity index is 1.82. The fourth-order valence-corrected chi connectivity index (χ4v) is 4.01. The smallest absolute Gasteiger partial charge is 0.191 e. The highest BCUT2D eigenvalue weighted by Gasteiger charge is 2.23. The van der Waals surface area contributed by atoms with Crippen LogP contribution in [0.15, 0.2) is 4.99 Å². The molecule has 5 nitrogen and oxygen atoms in total. The molecule has 1 heterocycles. The minimum Gasteiger partial charge on any atom is -0.357 e. The van der Waals surface area contributed by atoms with Crippen LogP contribution in [0, 0.1) is 5.92 Å². The highest BCUT2D eigenvalue weighted by Crippen LogP contribution is 2.27. The fourth-order valence-electron chi connectivity index (χ4n) is 4.01. The van der Waals surface area contributed by atoms with E-state index < -0.39 is 0 Å². The molecule has 2 aliphatic rings. The maximum Gasteiger partial charge on any atom is 0.191 e. The molecule has 1 saturated carbocycles. The number of nitrogens with one attached hydrogen (secondary N) is 2. The summed E-state index contributed by atoms with van der Waals surface area (Å²) in [6.45, 7) is 9.67. The van der Waals surface area contributed by atoms with Gasteiger partial charge in [0.05, 0.1) is 6.54 Å². The summed E-state index contributed by atoms with van der Waals surface area (Å²) in [5.41, 5.74) is 0. The van der Waals surface area contributed by atoms with Crippen LogP contribution in [0.5, 0.6) is 0 Å². The zero-order valence-electron chi connectivity index (χ0n) is 16.4. The molecule has 0 spiro atoms. The van der Waals surface area contributed by atoms with Gasteiger partial charge in [0.15, 0.2) is 5.96 Å². The molecule has 0 aromatic carbocycles. The number of likely N-dealkylation sites (N-methyl/N-ethyl adjacent to an activating group) is 2. The van der Waals surface area contributed by atoms with Gasteiger partial charge in [0, 0.05) is 38.3 Å². The number of hydrogen-bond acceptors (Lipinski definition) is 3. The minimum absolute atomic E-state index is 0.527. The lowest BCUT2D eigenvalue weighted by Crippen LogP contribution is -2.52. The van der Waals surface area contributed by atoms with Gasteiger partial charge < -0.3 is 15.5 Å². The predicted octanol–water partition coefficient (Wildman–Crippen LogP) is 2.15. The third kappa shape index (κ3) is 6.25. The quantitative estimate of drug-likeness (QED) is 0.576. The molecule has 2 fully saturated rings. The zero-order chi connectivity index (χ0) is 17.4. The van der Waals surface area contributed by atoms with Gasteiger partial charge in [0.25, 0.3) is 0 Å². The van der Waals surface area contributed by atoms with Crippen LogP contribution in [0.1, 0.15) is 52.4 Å². The Labute approximate surface area is 149 Å². The molecule has 5 heteroatoms. The number of piperazine rings is 1. The lowest BCUT2D eigenvalue weighted by atomic mass is 9.83. The molecule has 1 aliphatic carbocycles. The highest BCUT2D eigenvalue weighted by molar-refractivity contribution is 5.80. The number of aliphatic imine (C=N–C) groups is 1.